The van der Waals surface area contributed by atoms with Crippen molar-refractivity contribution in [1.29, 1.82) is 5.26 Å². The van der Waals surface area contributed by atoms with Gasteiger partial charge in [-0.15, -0.1) is 11.3 Å². The van der Waals surface area contributed by atoms with E-state index in [1.165, 1.54) is 4.88 Å². The van der Waals surface area contributed by atoms with Gasteiger partial charge in [-0.1, -0.05) is 30.3 Å². The molecule has 3 heterocycles. The highest BCUT2D eigenvalue weighted by atomic mass is 32.1. The normalized spacial score (nSPS) is 21.9. The van der Waals surface area contributed by atoms with Gasteiger partial charge in [-0.25, -0.2) is 4.98 Å². The lowest BCUT2D eigenvalue weighted by Gasteiger charge is -2.41. The highest BCUT2D eigenvalue weighted by Crippen LogP contribution is 2.34. The number of anilines is 1. The molecule has 1 aliphatic heterocycles. The Kier molecular flexibility index (Phi) is 7.67. The molecule has 4 atom stereocenters. The number of nitrogens with zero attached hydrogens (tertiary/aromatic N) is 5. The van der Waals surface area contributed by atoms with Crippen LogP contribution in [0.5, 0.6) is 0 Å². The molecular formula is C31H34N6O2S. The molecule has 9 heteroatoms. The number of ether oxygens (including phenoxy) is 1. The number of nitrogens with one attached hydrogen (secondary N) is 1. The summed E-state index contributed by atoms with van der Waals surface area (Å²) in [5.74, 6) is 0. The maximum absolute atomic E-state index is 11.0. The Morgan fingerprint density at radius 2 is 1.95 bits per heavy atom. The van der Waals surface area contributed by atoms with Gasteiger partial charge in [-0.2, -0.15) is 10.4 Å². The molecular weight excluding hydrogens is 520 g/mol. The van der Waals surface area contributed by atoms with Gasteiger partial charge >= 0.3 is 0 Å². The van der Waals surface area contributed by atoms with Gasteiger partial charge < -0.3 is 15.2 Å². The van der Waals surface area contributed by atoms with Crippen molar-refractivity contribution in [3.05, 3.63) is 88.2 Å². The summed E-state index contributed by atoms with van der Waals surface area (Å²) in [6.45, 7) is 6.87. The minimum absolute atomic E-state index is 0.271. The first kappa shape index (κ1) is 26.7. The molecule has 0 spiro atoms. The second-order valence-corrected chi connectivity index (χ2v) is 12.0. The van der Waals surface area contributed by atoms with Crippen LogP contribution >= 0.6 is 11.3 Å². The van der Waals surface area contributed by atoms with E-state index in [1.54, 1.807) is 11.3 Å². The summed E-state index contributed by atoms with van der Waals surface area (Å²) in [7, 11) is 0. The molecule has 1 fully saturated rings. The summed E-state index contributed by atoms with van der Waals surface area (Å²) in [6, 6.07) is 18.1. The Labute approximate surface area is 238 Å². The van der Waals surface area contributed by atoms with Crippen LogP contribution in [0.3, 0.4) is 0 Å². The van der Waals surface area contributed by atoms with E-state index in [0.717, 1.165) is 65.4 Å². The summed E-state index contributed by atoms with van der Waals surface area (Å²) in [6.07, 6.45) is 6.61. The lowest BCUT2D eigenvalue weighted by atomic mass is 9.95. The summed E-state index contributed by atoms with van der Waals surface area (Å²) in [5, 5.41) is 28.6. The quantitative estimate of drug-likeness (QED) is 0.310. The Balaban J connectivity index is 1.09. The van der Waals surface area contributed by atoms with Crippen LogP contribution in [0.25, 0.3) is 11.1 Å². The van der Waals surface area contributed by atoms with Crippen LogP contribution in [-0.2, 0) is 24.1 Å². The fraction of sp³-hybridized carbons (Fsp3) is 0.387. The van der Waals surface area contributed by atoms with E-state index < -0.39 is 6.23 Å². The van der Waals surface area contributed by atoms with Crippen LogP contribution in [-0.4, -0.2) is 56.1 Å². The molecule has 1 aliphatic carbocycles. The van der Waals surface area contributed by atoms with Crippen molar-refractivity contribution in [1.82, 2.24) is 19.7 Å². The first-order valence-electron chi connectivity index (χ1n) is 13.9. The van der Waals surface area contributed by atoms with Crippen molar-refractivity contribution in [2.24, 2.45) is 0 Å². The second kappa shape index (κ2) is 11.5. The number of aromatic nitrogens is 3. The lowest BCUT2D eigenvalue weighted by Crippen LogP contribution is -2.51. The number of benzene rings is 2. The molecule has 0 saturated carbocycles. The van der Waals surface area contributed by atoms with Crippen LogP contribution in [0.15, 0.2) is 60.9 Å². The predicted molar refractivity (Wildman–Crippen MR) is 156 cm³/mol. The van der Waals surface area contributed by atoms with Gasteiger partial charge in [0, 0.05) is 41.3 Å². The summed E-state index contributed by atoms with van der Waals surface area (Å²) in [5.41, 5.74) is 5.65. The monoisotopic (exact) mass is 554 g/mol. The molecule has 4 aromatic rings. The first-order chi connectivity index (χ1) is 19.4. The number of fused-ring (bicyclic) bond motifs is 1. The SMILES string of the molecule is CC1CN(C2CCc3nc(NC(O)c4cccc(Cn5cc(-c6ccc(C#N)cc6)cn5)c4)sc3C2)CC(C)O1. The third kappa shape index (κ3) is 5.96. The molecule has 0 radical (unpaired) electrons. The Hall–Kier alpha value is -3.55. The minimum atomic E-state index is -0.851. The Morgan fingerprint density at radius 1 is 1.15 bits per heavy atom. The van der Waals surface area contributed by atoms with Gasteiger partial charge in [0.25, 0.3) is 0 Å². The van der Waals surface area contributed by atoms with Gasteiger partial charge in [-0.05, 0) is 62.4 Å². The molecule has 40 heavy (non-hydrogen) atoms. The molecule has 4 unspecified atom stereocenters. The van der Waals surface area contributed by atoms with Gasteiger partial charge in [0.05, 0.1) is 42.3 Å². The fourth-order valence-corrected chi connectivity index (χ4v) is 6.93. The molecule has 2 aromatic heterocycles. The number of aliphatic hydroxyl groups is 1. The number of hydrogen-bond acceptors (Lipinski definition) is 8. The van der Waals surface area contributed by atoms with Crippen LogP contribution in [0.1, 0.15) is 53.8 Å². The number of aliphatic hydroxyl groups excluding tert-OH is 1. The Morgan fingerprint density at radius 3 is 2.73 bits per heavy atom. The standard InChI is InChI=1S/C31H34N6O2S/c1-20-16-36(17-21(2)39-20)27-10-11-28-29(13-27)40-31(34-28)35-30(38)25-5-3-4-23(12-25)18-37-19-26(15-33-37)24-8-6-22(14-32)7-9-24/h3-9,12,15,19-21,27,30,38H,10-11,13,16-18H2,1-2H3,(H,34,35). The maximum atomic E-state index is 11.0. The zero-order valence-electron chi connectivity index (χ0n) is 22.8. The van der Waals surface area contributed by atoms with Crippen LogP contribution < -0.4 is 5.32 Å². The van der Waals surface area contributed by atoms with E-state index in [1.807, 2.05) is 65.6 Å². The van der Waals surface area contributed by atoms with Crippen molar-refractivity contribution in [2.75, 3.05) is 18.4 Å². The molecule has 8 nitrogen and oxygen atoms in total. The number of aryl methyl sites for hydroxylation is 1. The van der Waals surface area contributed by atoms with Crippen molar-refractivity contribution >= 4 is 16.5 Å². The molecule has 1 saturated heterocycles. The third-order valence-corrected chi connectivity index (χ3v) is 8.78. The largest absolute Gasteiger partial charge is 0.373 e. The molecule has 0 bridgehead atoms. The van der Waals surface area contributed by atoms with E-state index in [2.05, 4.69) is 35.2 Å². The van der Waals surface area contributed by atoms with Crippen LogP contribution in [0.2, 0.25) is 0 Å². The van der Waals surface area contributed by atoms with E-state index >= 15 is 0 Å². The van der Waals surface area contributed by atoms with Crippen molar-refractivity contribution in [3.8, 4) is 17.2 Å². The molecule has 6 rings (SSSR count). The smallest absolute Gasteiger partial charge is 0.185 e. The van der Waals surface area contributed by atoms with Gasteiger partial charge in [0.2, 0.25) is 0 Å². The van der Waals surface area contributed by atoms with E-state index in [0.29, 0.717) is 18.2 Å². The third-order valence-electron chi connectivity index (χ3n) is 7.73. The molecule has 0 amide bonds. The van der Waals surface area contributed by atoms with Crippen LogP contribution in [0.4, 0.5) is 5.13 Å². The minimum Gasteiger partial charge on any atom is -0.373 e. The molecule has 2 N–H and O–H groups in total. The maximum Gasteiger partial charge on any atom is 0.185 e. The summed E-state index contributed by atoms with van der Waals surface area (Å²) in [4.78, 5) is 8.74. The zero-order valence-corrected chi connectivity index (χ0v) is 23.6. The van der Waals surface area contributed by atoms with Crippen molar-refractivity contribution in [3.63, 3.8) is 0 Å². The summed E-state index contributed by atoms with van der Waals surface area (Å²) < 4.78 is 7.81. The van der Waals surface area contributed by atoms with Crippen LogP contribution in [0, 0.1) is 11.3 Å². The fourth-order valence-electron chi connectivity index (χ4n) is 5.83. The number of hydrogen-bond donors (Lipinski definition) is 2. The van der Waals surface area contributed by atoms with Gasteiger partial charge in [0.15, 0.2) is 11.4 Å². The highest BCUT2D eigenvalue weighted by Gasteiger charge is 2.32. The van der Waals surface area contributed by atoms with E-state index in [-0.39, 0.29) is 12.2 Å². The lowest BCUT2D eigenvalue weighted by molar-refractivity contribution is -0.0815. The average molecular weight is 555 g/mol. The van der Waals surface area contributed by atoms with E-state index in [9.17, 15) is 5.11 Å². The van der Waals surface area contributed by atoms with Crippen molar-refractivity contribution < 1.29 is 9.84 Å². The predicted octanol–water partition coefficient (Wildman–Crippen LogP) is 5.00. The number of thiazole rings is 1. The average Bonchev–Trinajstić information content (AvgIpc) is 3.59. The summed E-state index contributed by atoms with van der Waals surface area (Å²) >= 11 is 1.67. The van der Waals surface area contributed by atoms with Crippen molar-refractivity contribution in [2.45, 2.75) is 64.1 Å². The van der Waals surface area contributed by atoms with Gasteiger partial charge in [-0.3, -0.25) is 9.58 Å². The zero-order chi connectivity index (χ0) is 27.6. The topological polar surface area (TPSA) is 99.2 Å². The highest BCUT2D eigenvalue weighted by molar-refractivity contribution is 7.15. The molecule has 206 valence electrons. The first-order valence-corrected chi connectivity index (χ1v) is 14.7. The van der Waals surface area contributed by atoms with E-state index in [4.69, 9.17) is 15.0 Å². The Bertz CT molecular complexity index is 1500. The number of morpholine rings is 1. The van der Waals surface area contributed by atoms with Gasteiger partial charge in [0.1, 0.15) is 0 Å². The second-order valence-electron chi connectivity index (χ2n) is 10.9. The number of rotatable bonds is 7. The molecule has 2 aromatic carbocycles. The molecule has 2 aliphatic rings. The number of nitriles is 1.